The number of ether oxygens (including phenoxy) is 1. The molecule has 3 aliphatic heterocycles. The normalized spacial score (nSPS) is 22.8. The molecular formula is C23H30N4O2. The van der Waals surface area contributed by atoms with Crippen LogP contribution in [0.5, 0.6) is 0 Å². The summed E-state index contributed by atoms with van der Waals surface area (Å²) in [6.07, 6.45) is 7.09. The lowest BCUT2D eigenvalue weighted by molar-refractivity contribution is 0.0664. The Labute approximate surface area is 172 Å². The van der Waals surface area contributed by atoms with Crippen molar-refractivity contribution in [1.29, 1.82) is 0 Å². The largest absolute Gasteiger partial charge is 0.508 e. The SMILES string of the molecule is C/C=C\C(O)=C/CC1N=C(N2CCOCC2)NC2=C1CCN2c1ccccc1C. The van der Waals surface area contributed by atoms with Crippen molar-refractivity contribution in [2.45, 2.75) is 32.7 Å². The molecule has 1 atom stereocenters. The molecule has 6 nitrogen and oxygen atoms in total. The fraction of sp³-hybridized carbons (Fsp3) is 0.435. The molecule has 0 bridgehead atoms. The zero-order valence-electron chi connectivity index (χ0n) is 17.3. The van der Waals surface area contributed by atoms with Crippen LogP contribution in [0.3, 0.4) is 0 Å². The van der Waals surface area contributed by atoms with Gasteiger partial charge in [0.1, 0.15) is 11.6 Å². The predicted octanol–water partition coefficient (Wildman–Crippen LogP) is 3.48. The van der Waals surface area contributed by atoms with Gasteiger partial charge in [-0.15, -0.1) is 0 Å². The van der Waals surface area contributed by atoms with E-state index >= 15 is 0 Å². The molecule has 3 aliphatic rings. The van der Waals surface area contributed by atoms with Gasteiger partial charge in [-0.05, 0) is 56.0 Å². The van der Waals surface area contributed by atoms with Crippen LogP contribution in [0.15, 0.2) is 64.6 Å². The monoisotopic (exact) mass is 394 g/mol. The highest BCUT2D eigenvalue weighted by Gasteiger charge is 2.34. The summed E-state index contributed by atoms with van der Waals surface area (Å²) in [7, 11) is 0. The number of aryl methyl sites for hydroxylation is 1. The van der Waals surface area contributed by atoms with Gasteiger partial charge in [-0.2, -0.15) is 0 Å². The van der Waals surface area contributed by atoms with Crippen molar-refractivity contribution >= 4 is 11.6 Å². The number of benzene rings is 1. The number of morpholine rings is 1. The molecule has 0 aromatic heterocycles. The van der Waals surface area contributed by atoms with Crippen molar-refractivity contribution in [1.82, 2.24) is 10.2 Å². The van der Waals surface area contributed by atoms with Gasteiger partial charge in [-0.1, -0.05) is 24.3 Å². The number of aliphatic imine (C=N–C) groups is 1. The van der Waals surface area contributed by atoms with Gasteiger partial charge in [-0.3, -0.25) is 0 Å². The maximum Gasteiger partial charge on any atom is 0.200 e. The molecule has 1 saturated heterocycles. The third kappa shape index (κ3) is 4.17. The predicted molar refractivity (Wildman–Crippen MR) is 117 cm³/mol. The number of guanidine groups is 1. The molecule has 6 heteroatoms. The molecule has 0 saturated carbocycles. The van der Waals surface area contributed by atoms with Gasteiger partial charge in [0.2, 0.25) is 0 Å². The third-order valence-electron chi connectivity index (χ3n) is 5.69. The number of allylic oxidation sites excluding steroid dienone is 2. The summed E-state index contributed by atoms with van der Waals surface area (Å²) in [4.78, 5) is 9.69. The second kappa shape index (κ2) is 8.74. The van der Waals surface area contributed by atoms with Crippen molar-refractivity contribution in [2.24, 2.45) is 4.99 Å². The smallest absolute Gasteiger partial charge is 0.200 e. The van der Waals surface area contributed by atoms with E-state index in [4.69, 9.17) is 9.73 Å². The number of para-hydroxylation sites is 1. The topological polar surface area (TPSA) is 60.3 Å². The Hall–Kier alpha value is -2.73. The van der Waals surface area contributed by atoms with E-state index in [1.165, 1.54) is 16.8 Å². The average Bonchev–Trinajstić information content (AvgIpc) is 3.17. The maximum atomic E-state index is 10.1. The molecule has 4 rings (SSSR count). The lowest BCUT2D eigenvalue weighted by atomic mass is 10.0. The fourth-order valence-corrected chi connectivity index (χ4v) is 4.18. The van der Waals surface area contributed by atoms with E-state index in [9.17, 15) is 5.11 Å². The molecule has 154 valence electrons. The summed E-state index contributed by atoms with van der Waals surface area (Å²) in [5.74, 6) is 2.36. The van der Waals surface area contributed by atoms with E-state index in [2.05, 4.69) is 46.3 Å². The Morgan fingerprint density at radius 3 is 2.83 bits per heavy atom. The molecule has 2 N–H and O–H groups in total. The highest BCUT2D eigenvalue weighted by molar-refractivity contribution is 5.85. The van der Waals surface area contributed by atoms with E-state index in [-0.39, 0.29) is 6.04 Å². The molecule has 3 heterocycles. The molecule has 1 aromatic carbocycles. The highest BCUT2D eigenvalue weighted by Crippen LogP contribution is 2.35. The van der Waals surface area contributed by atoms with Crippen LogP contribution in [0.2, 0.25) is 0 Å². The van der Waals surface area contributed by atoms with Gasteiger partial charge in [0, 0.05) is 25.3 Å². The summed E-state index contributed by atoms with van der Waals surface area (Å²) in [6, 6.07) is 8.54. The molecule has 1 unspecified atom stereocenters. The van der Waals surface area contributed by atoms with Gasteiger partial charge in [0.15, 0.2) is 5.96 Å². The average molecular weight is 395 g/mol. The summed E-state index contributed by atoms with van der Waals surface area (Å²) in [6.45, 7) is 8.12. The number of hydrogen-bond acceptors (Lipinski definition) is 6. The standard InChI is InChI=1S/C23H30N4O2/c1-3-6-18(28)9-10-20-19-11-12-27(21-8-5-4-7-17(21)2)22(19)25-23(24-20)26-13-15-29-16-14-26/h3-9,20,28H,10-16H2,1-2H3,(H,24,25)/b6-3-,18-9+. The number of aliphatic hydroxyl groups is 1. The van der Waals surface area contributed by atoms with Crippen molar-refractivity contribution in [3.8, 4) is 0 Å². The van der Waals surface area contributed by atoms with Gasteiger partial charge in [0.05, 0.1) is 19.3 Å². The van der Waals surface area contributed by atoms with Crippen molar-refractivity contribution in [3.05, 3.63) is 65.2 Å². The minimum Gasteiger partial charge on any atom is -0.508 e. The Morgan fingerprint density at radius 1 is 1.28 bits per heavy atom. The summed E-state index contributed by atoms with van der Waals surface area (Å²) in [5, 5.41) is 13.7. The zero-order chi connectivity index (χ0) is 20.2. The minimum atomic E-state index is 0.0329. The second-order valence-corrected chi connectivity index (χ2v) is 7.62. The highest BCUT2D eigenvalue weighted by atomic mass is 16.5. The van der Waals surface area contributed by atoms with E-state index in [0.717, 1.165) is 51.0 Å². The molecule has 1 fully saturated rings. The van der Waals surface area contributed by atoms with Crippen molar-refractivity contribution in [3.63, 3.8) is 0 Å². The molecular weight excluding hydrogens is 364 g/mol. The Kier molecular flexibility index (Phi) is 5.90. The number of aliphatic hydroxyl groups excluding tert-OH is 1. The zero-order valence-corrected chi connectivity index (χ0v) is 17.3. The number of nitrogens with zero attached hydrogens (tertiary/aromatic N) is 3. The van der Waals surface area contributed by atoms with Crippen LogP contribution < -0.4 is 10.2 Å². The first kappa shape index (κ1) is 19.6. The summed E-state index contributed by atoms with van der Waals surface area (Å²) >= 11 is 0. The van der Waals surface area contributed by atoms with Crippen LogP contribution in [0.1, 0.15) is 25.3 Å². The molecule has 0 aliphatic carbocycles. The van der Waals surface area contributed by atoms with Gasteiger partial charge in [0.25, 0.3) is 0 Å². The Bertz CT molecular complexity index is 865. The van der Waals surface area contributed by atoms with E-state index in [0.29, 0.717) is 12.2 Å². The first-order valence-electron chi connectivity index (χ1n) is 10.4. The summed E-state index contributed by atoms with van der Waals surface area (Å²) in [5.41, 5.74) is 3.81. The van der Waals surface area contributed by atoms with Crippen LogP contribution in [0, 0.1) is 6.92 Å². The van der Waals surface area contributed by atoms with Crippen molar-refractivity contribution < 1.29 is 9.84 Å². The molecule has 1 aromatic rings. The lowest BCUT2D eigenvalue weighted by Crippen LogP contribution is -2.51. The number of nitrogens with one attached hydrogen (secondary N) is 1. The van der Waals surface area contributed by atoms with E-state index in [1.54, 1.807) is 6.08 Å². The van der Waals surface area contributed by atoms with Gasteiger partial charge < -0.3 is 25.0 Å². The van der Waals surface area contributed by atoms with Crippen LogP contribution >= 0.6 is 0 Å². The molecule has 0 spiro atoms. The Balaban J connectivity index is 1.65. The number of hydrogen-bond donors (Lipinski definition) is 2. The van der Waals surface area contributed by atoms with Crippen LogP contribution in [-0.2, 0) is 4.74 Å². The van der Waals surface area contributed by atoms with E-state index < -0.39 is 0 Å². The quantitative estimate of drug-likeness (QED) is 0.605. The van der Waals surface area contributed by atoms with E-state index in [1.807, 2.05) is 19.1 Å². The van der Waals surface area contributed by atoms with Crippen LogP contribution in [0.4, 0.5) is 5.69 Å². The van der Waals surface area contributed by atoms with Crippen LogP contribution in [-0.4, -0.2) is 54.9 Å². The fourth-order valence-electron chi connectivity index (χ4n) is 4.18. The molecule has 0 amide bonds. The number of rotatable bonds is 4. The van der Waals surface area contributed by atoms with Gasteiger partial charge >= 0.3 is 0 Å². The lowest BCUT2D eigenvalue weighted by Gasteiger charge is -2.36. The van der Waals surface area contributed by atoms with Crippen LogP contribution in [0.25, 0.3) is 0 Å². The third-order valence-corrected chi connectivity index (χ3v) is 5.69. The maximum absolute atomic E-state index is 10.1. The number of anilines is 1. The minimum absolute atomic E-state index is 0.0329. The van der Waals surface area contributed by atoms with Crippen molar-refractivity contribution in [2.75, 3.05) is 37.7 Å². The Morgan fingerprint density at radius 2 is 2.07 bits per heavy atom. The van der Waals surface area contributed by atoms with Gasteiger partial charge in [-0.25, -0.2) is 4.99 Å². The molecule has 29 heavy (non-hydrogen) atoms. The second-order valence-electron chi connectivity index (χ2n) is 7.62. The molecule has 0 radical (unpaired) electrons. The first-order chi connectivity index (χ1) is 14.2. The summed E-state index contributed by atoms with van der Waals surface area (Å²) < 4.78 is 5.52. The first-order valence-corrected chi connectivity index (χ1v) is 10.4.